The van der Waals surface area contributed by atoms with E-state index in [1.165, 1.54) is 12.1 Å². The van der Waals surface area contributed by atoms with Crippen molar-refractivity contribution >= 4 is 0 Å². The number of benzene rings is 1. The van der Waals surface area contributed by atoms with Gasteiger partial charge in [-0.25, -0.2) is 4.39 Å². The lowest BCUT2D eigenvalue weighted by Crippen LogP contribution is -2.06. The van der Waals surface area contributed by atoms with Crippen LogP contribution < -0.4 is 0 Å². The number of aromatic nitrogens is 2. The first-order valence-electron chi connectivity index (χ1n) is 7.12. The zero-order valence-electron chi connectivity index (χ0n) is 11.9. The van der Waals surface area contributed by atoms with Crippen molar-refractivity contribution in [2.24, 2.45) is 5.92 Å². The molecular formula is C16H21FN2O. The van der Waals surface area contributed by atoms with Gasteiger partial charge in [0.2, 0.25) is 0 Å². The summed E-state index contributed by atoms with van der Waals surface area (Å²) in [6.07, 6.45) is 3.94. The number of nitrogens with zero attached hydrogens (tertiary/aromatic N) is 1. The highest BCUT2D eigenvalue weighted by Gasteiger charge is 2.19. The summed E-state index contributed by atoms with van der Waals surface area (Å²) >= 11 is 0. The zero-order valence-corrected chi connectivity index (χ0v) is 11.9. The average Bonchev–Trinajstić information content (AvgIpc) is 2.94. The molecule has 0 fully saturated rings. The van der Waals surface area contributed by atoms with E-state index in [1.807, 2.05) is 0 Å². The van der Waals surface area contributed by atoms with E-state index in [0.717, 1.165) is 36.1 Å². The highest BCUT2D eigenvalue weighted by molar-refractivity contribution is 5.62. The van der Waals surface area contributed by atoms with Gasteiger partial charge in [0.05, 0.1) is 18.0 Å². The second-order valence-corrected chi connectivity index (χ2v) is 5.14. The van der Waals surface area contributed by atoms with Gasteiger partial charge in [0.15, 0.2) is 0 Å². The van der Waals surface area contributed by atoms with Gasteiger partial charge in [-0.3, -0.25) is 5.10 Å². The normalized spacial score (nSPS) is 12.8. The number of hydrogen-bond donors (Lipinski definition) is 2. The molecule has 0 saturated heterocycles. The monoisotopic (exact) mass is 276 g/mol. The zero-order chi connectivity index (χ0) is 14.5. The van der Waals surface area contributed by atoms with Gasteiger partial charge in [0.25, 0.3) is 0 Å². The molecule has 4 heteroatoms. The number of hydrogen-bond acceptors (Lipinski definition) is 2. The van der Waals surface area contributed by atoms with Crippen molar-refractivity contribution in [3.05, 3.63) is 41.8 Å². The average molecular weight is 276 g/mol. The Kier molecular flexibility index (Phi) is 4.90. The lowest BCUT2D eigenvalue weighted by atomic mass is 9.92. The number of H-pyrrole nitrogens is 1. The Labute approximate surface area is 118 Å². The molecule has 108 valence electrons. The molecule has 3 nitrogen and oxygen atoms in total. The second kappa shape index (κ2) is 6.66. The maximum absolute atomic E-state index is 13.0. The Hall–Kier alpha value is -1.68. The van der Waals surface area contributed by atoms with Gasteiger partial charge >= 0.3 is 0 Å². The summed E-state index contributed by atoms with van der Waals surface area (Å²) in [5.74, 6) is 0.230. The van der Waals surface area contributed by atoms with Gasteiger partial charge in [-0.05, 0) is 36.6 Å². The smallest absolute Gasteiger partial charge is 0.123 e. The largest absolute Gasteiger partial charge is 0.388 e. The standard InChI is InChI=1S/C16H21FN2O/c1-3-11(4-2)9-15(20)14-10-18-19-16(14)12-5-7-13(17)8-6-12/h5-8,10-11,15,20H,3-4,9H2,1-2H3,(H,18,19). The highest BCUT2D eigenvalue weighted by Crippen LogP contribution is 2.31. The summed E-state index contributed by atoms with van der Waals surface area (Å²) in [5, 5.41) is 17.3. The van der Waals surface area contributed by atoms with Crippen LogP contribution in [0.5, 0.6) is 0 Å². The van der Waals surface area contributed by atoms with Crippen molar-refractivity contribution in [2.75, 3.05) is 0 Å². The first-order valence-corrected chi connectivity index (χ1v) is 7.12. The molecule has 1 unspecified atom stereocenters. The molecule has 0 bridgehead atoms. The fourth-order valence-electron chi connectivity index (χ4n) is 2.46. The predicted molar refractivity (Wildman–Crippen MR) is 77.6 cm³/mol. The van der Waals surface area contributed by atoms with Crippen LogP contribution in [0.15, 0.2) is 30.5 Å². The van der Waals surface area contributed by atoms with Crippen LogP contribution in [-0.2, 0) is 0 Å². The SMILES string of the molecule is CCC(CC)CC(O)c1cn[nH]c1-c1ccc(F)cc1. The van der Waals surface area contributed by atoms with E-state index in [1.54, 1.807) is 18.3 Å². The third kappa shape index (κ3) is 3.25. The molecular weight excluding hydrogens is 255 g/mol. The molecule has 1 aromatic carbocycles. The molecule has 0 aliphatic carbocycles. The predicted octanol–water partition coefficient (Wildman–Crippen LogP) is 4.08. The van der Waals surface area contributed by atoms with E-state index in [4.69, 9.17) is 0 Å². The summed E-state index contributed by atoms with van der Waals surface area (Å²) in [7, 11) is 0. The topological polar surface area (TPSA) is 48.9 Å². The summed E-state index contributed by atoms with van der Waals surface area (Å²) < 4.78 is 13.0. The van der Waals surface area contributed by atoms with Crippen molar-refractivity contribution in [3.8, 4) is 11.3 Å². The van der Waals surface area contributed by atoms with Gasteiger partial charge in [0.1, 0.15) is 5.82 Å². The molecule has 0 radical (unpaired) electrons. The van der Waals surface area contributed by atoms with Crippen LogP contribution >= 0.6 is 0 Å². The number of halogens is 1. The van der Waals surface area contributed by atoms with E-state index in [-0.39, 0.29) is 5.82 Å². The minimum absolute atomic E-state index is 0.271. The maximum atomic E-state index is 13.0. The number of rotatable bonds is 6. The lowest BCUT2D eigenvalue weighted by Gasteiger charge is -2.17. The van der Waals surface area contributed by atoms with Crippen molar-refractivity contribution in [1.29, 1.82) is 0 Å². The molecule has 1 aromatic heterocycles. The van der Waals surface area contributed by atoms with Crippen LogP contribution in [0.3, 0.4) is 0 Å². The summed E-state index contributed by atoms with van der Waals surface area (Å²) in [6.45, 7) is 4.27. The minimum Gasteiger partial charge on any atom is -0.388 e. The molecule has 1 atom stereocenters. The molecule has 2 rings (SSSR count). The van der Waals surface area contributed by atoms with Gasteiger partial charge in [-0.2, -0.15) is 5.10 Å². The maximum Gasteiger partial charge on any atom is 0.123 e. The Balaban J connectivity index is 2.21. The van der Waals surface area contributed by atoms with E-state index < -0.39 is 6.10 Å². The first kappa shape index (κ1) is 14.7. The van der Waals surface area contributed by atoms with Crippen LogP contribution in [0.1, 0.15) is 44.8 Å². The van der Waals surface area contributed by atoms with Crippen LogP contribution in [0.4, 0.5) is 4.39 Å². The van der Waals surface area contributed by atoms with Crippen LogP contribution in [0.25, 0.3) is 11.3 Å². The Bertz CT molecular complexity index is 532. The third-order valence-corrected chi connectivity index (χ3v) is 3.87. The molecule has 20 heavy (non-hydrogen) atoms. The fraction of sp³-hybridized carbons (Fsp3) is 0.438. The lowest BCUT2D eigenvalue weighted by molar-refractivity contribution is 0.141. The van der Waals surface area contributed by atoms with Crippen molar-refractivity contribution < 1.29 is 9.50 Å². The Morgan fingerprint density at radius 1 is 1.20 bits per heavy atom. The molecule has 2 aromatic rings. The van der Waals surface area contributed by atoms with Crippen molar-refractivity contribution in [2.45, 2.75) is 39.2 Å². The van der Waals surface area contributed by atoms with Gasteiger partial charge in [0, 0.05) is 11.1 Å². The molecule has 0 spiro atoms. The van der Waals surface area contributed by atoms with E-state index >= 15 is 0 Å². The molecule has 0 aliphatic heterocycles. The van der Waals surface area contributed by atoms with Crippen LogP contribution in [0, 0.1) is 11.7 Å². The number of nitrogens with one attached hydrogen (secondary N) is 1. The Morgan fingerprint density at radius 3 is 2.45 bits per heavy atom. The third-order valence-electron chi connectivity index (χ3n) is 3.87. The molecule has 0 aliphatic rings. The van der Waals surface area contributed by atoms with Gasteiger partial charge < -0.3 is 5.11 Å². The van der Waals surface area contributed by atoms with Gasteiger partial charge in [-0.15, -0.1) is 0 Å². The number of aliphatic hydroxyl groups is 1. The van der Waals surface area contributed by atoms with Crippen molar-refractivity contribution in [3.63, 3.8) is 0 Å². The van der Waals surface area contributed by atoms with Gasteiger partial charge in [-0.1, -0.05) is 26.7 Å². The van der Waals surface area contributed by atoms with E-state index in [0.29, 0.717) is 5.92 Å². The summed E-state index contributed by atoms with van der Waals surface area (Å²) in [4.78, 5) is 0. The minimum atomic E-state index is -0.543. The molecule has 2 N–H and O–H groups in total. The van der Waals surface area contributed by atoms with Crippen LogP contribution in [0.2, 0.25) is 0 Å². The first-order chi connectivity index (χ1) is 9.65. The van der Waals surface area contributed by atoms with E-state index in [2.05, 4.69) is 24.0 Å². The molecule has 0 amide bonds. The number of aliphatic hydroxyl groups excluding tert-OH is 1. The number of aromatic amines is 1. The Morgan fingerprint density at radius 2 is 1.85 bits per heavy atom. The fourth-order valence-corrected chi connectivity index (χ4v) is 2.46. The van der Waals surface area contributed by atoms with Crippen LogP contribution in [-0.4, -0.2) is 15.3 Å². The second-order valence-electron chi connectivity index (χ2n) is 5.14. The quantitative estimate of drug-likeness (QED) is 0.835. The summed E-state index contributed by atoms with van der Waals surface area (Å²) in [5.41, 5.74) is 2.38. The highest BCUT2D eigenvalue weighted by atomic mass is 19.1. The molecule has 1 heterocycles. The van der Waals surface area contributed by atoms with E-state index in [9.17, 15) is 9.50 Å². The molecule has 0 saturated carbocycles. The summed E-state index contributed by atoms with van der Waals surface area (Å²) in [6, 6.07) is 6.20. The van der Waals surface area contributed by atoms with Crippen molar-refractivity contribution in [1.82, 2.24) is 10.2 Å².